The number of nitrogens with zero attached hydrogens (tertiary/aromatic N) is 1. The maximum Gasteiger partial charge on any atom is 0.317 e. The number of aliphatic hydroxyl groups excluding tert-OH is 1. The zero-order valence-electron chi connectivity index (χ0n) is 11.7. The van der Waals surface area contributed by atoms with E-state index in [1.165, 1.54) is 0 Å². The summed E-state index contributed by atoms with van der Waals surface area (Å²) in [5.41, 5.74) is 0.983. The molecule has 5 nitrogen and oxygen atoms in total. The lowest BCUT2D eigenvalue weighted by atomic mass is 10.2. The van der Waals surface area contributed by atoms with Gasteiger partial charge >= 0.3 is 6.03 Å². The van der Waals surface area contributed by atoms with E-state index >= 15 is 0 Å². The predicted octanol–water partition coefficient (Wildman–Crippen LogP) is 1.61. The van der Waals surface area contributed by atoms with Crippen LogP contribution in [-0.4, -0.2) is 42.8 Å². The molecule has 0 spiro atoms. The molecule has 0 heterocycles. The van der Waals surface area contributed by atoms with Gasteiger partial charge in [-0.25, -0.2) is 4.79 Å². The standard InChI is InChI=1S/C14H22N2O3/c1-11(17)7-8-16(2)14(18)15-10-12-5-4-6-13(9-12)19-3/h4-6,9,11,17H,7-8,10H2,1-3H3,(H,15,18). The van der Waals surface area contributed by atoms with Crippen LogP contribution in [0.5, 0.6) is 5.75 Å². The van der Waals surface area contributed by atoms with Crippen molar-refractivity contribution in [1.82, 2.24) is 10.2 Å². The van der Waals surface area contributed by atoms with Crippen molar-refractivity contribution >= 4 is 6.03 Å². The maximum absolute atomic E-state index is 11.8. The highest BCUT2D eigenvalue weighted by atomic mass is 16.5. The molecular weight excluding hydrogens is 244 g/mol. The second-order valence-corrected chi connectivity index (χ2v) is 4.57. The summed E-state index contributed by atoms with van der Waals surface area (Å²) in [5, 5.41) is 12.0. The average molecular weight is 266 g/mol. The minimum atomic E-state index is -0.395. The molecule has 19 heavy (non-hydrogen) atoms. The van der Waals surface area contributed by atoms with E-state index in [4.69, 9.17) is 4.74 Å². The summed E-state index contributed by atoms with van der Waals surface area (Å²) < 4.78 is 5.12. The lowest BCUT2D eigenvalue weighted by Crippen LogP contribution is -2.38. The number of methoxy groups -OCH3 is 1. The van der Waals surface area contributed by atoms with Crippen LogP contribution in [0, 0.1) is 0 Å². The van der Waals surface area contributed by atoms with Crippen LogP contribution in [0.3, 0.4) is 0 Å². The van der Waals surface area contributed by atoms with Crippen LogP contribution in [0.25, 0.3) is 0 Å². The van der Waals surface area contributed by atoms with Crippen molar-refractivity contribution in [3.63, 3.8) is 0 Å². The van der Waals surface area contributed by atoms with Crippen molar-refractivity contribution in [3.8, 4) is 5.75 Å². The van der Waals surface area contributed by atoms with Crippen LogP contribution < -0.4 is 10.1 Å². The third-order valence-corrected chi connectivity index (χ3v) is 2.81. The highest BCUT2D eigenvalue weighted by Gasteiger charge is 2.08. The Morgan fingerprint density at radius 2 is 2.26 bits per heavy atom. The Morgan fingerprint density at radius 3 is 2.89 bits per heavy atom. The van der Waals surface area contributed by atoms with Gasteiger partial charge in [-0.05, 0) is 31.0 Å². The first-order valence-corrected chi connectivity index (χ1v) is 6.33. The number of hydrogen-bond acceptors (Lipinski definition) is 3. The molecule has 0 saturated carbocycles. The van der Waals surface area contributed by atoms with Gasteiger partial charge in [0.1, 0.15) is 5.75 Å². The summed E-state index contributed by atoms with van der Waals surface area (Å²) in [7, 11) is 3.32. The van der Waals surface area contributed by atoms with Crippen molar-refractivity contribution in [2.24, 2.45) is 0 Å². The van der Waals surface area contributed by atoms with E-state index in [2.05, 4.69) is 5.32 Å². The Hall–Kier alpha value is -1.75. The molecule has 1 unspecified atom stereocenters. The zero-order chi connectivity index (χ0) is 14.3. The van der Waals surface area contributed by atoms with Gasteiger partial charge in [0.05, 0.1) is 13.2 Å². The number of amides is 2. The monoisotopic (exact) mass is 266 g/mol. The summed E-state index contributed by atoms with van der Waals surface area (Å²) in [6, 6.07) is 7.41. The molecule has 0 radical (unpaired) electrons. The molecule has 106 valence electrons. The minimum Gasteiger partial charge on any atom is -0.497 e. The number of aliphatic hydroxyl groups is 1. The number of benzene rings is 1. The minimum absolute atomic E-state index is 0.150. The molecule has 0 aliphatic rings. The second kappa shape index (κ2) is 7.63. The first kappa shape index (κ1) is 15.3. The van der Waals surface area contributed by atoms with E-state index in [0.717, 1.165) is 11.3 Å². The van der Waals surface area contributed by atoms with Crippen molar-refractivity contribution in [2.75, 3.05) is 20.7 Å². The van der Waals surface area contributed by atoms with Crippen LogP contribution >= 0.6 is 0 Å². The van der Waals surface area contributed by atoms with E-state index < -0.39 is 6.10 Å². The first-order chi connectivity index (χ1) is 9.02. The van der Waals surface area contributed by atoms with Gasteiger partial charge in [-0.1, -0.05) is 12.1 Å². The summed E-state index contributed by atoms with van der Waals surface area (Å²) >= 11 is 0. The first-order valence-electron chi connectivity index (χ1n) is 6.33. The number of rotatable bonds is 6. The molecule has 0 fully saturated rings. The quantitative estimate of drug-likeness (QED) is 0.822. The van der Waals surface area contributed by atoms with Gasteiger partial charge in [-0.15, -0.1) is 0 Å². The Bertz CT molecular complexity index is 407. The van der Waals surface area contributed by atoms with Crippen LogP contribution in [0.2, 0.25) is 0 Å². The molecule has 1 aromatic carbocycles. The summed E-state index contributed by atoms with van der Waals surface area (Å²) in [4.78, 5) is 13.3. The van der Waals surface area contributed by atoms with Crippen molar-refractivity contribution in [3.05, 3.63) is 29.8 Å². The van der Waals surface area contributed by atoms with Crippen LogP contribution in [0.15, 0.2) is 24.3 Å². The third kappa shape index (κ3) is 5.61. The summed E-state index contributed by atoms with van der Waals surface area (Å²) in [5.74, 6) is 0.772. The van der Waals surface area contributed by atoms with E-state index in [-0.39, 0.29) is 6.03 Å². The van der Waals surface area contributed by atoms with Gasteiger partial charge in [0.15, 0.2) is 0 Å². The topological polar surface area (TPSA) is 61.8 Å². The summed E-state index contributed by atoms with van der Waals surface area (Å²) in [6.07, 6.45) is 0.178. The number of carbonyl (C=O) groups excluding carboxylic acids is 1. The molecular formula is C14H22N2O3. The fraction of sp³-hybridized carbons (Fsp3) is 0.500. The number of ether oxygens (including phenoxy) is 1. The lowest BCUT2D eigenvalue weighted by molar-refractivity contribution is 0.163. The highest BCUT2D eigenvalue weighted by molar-refractivity contribution is 5.73. The van der Waals surface area contributed by atoms with Gasteiger partial charge in [-0.2, -0.15) is 0 Å². The molecule has 1 atom stereocenters. The smallest absolute Gasteiger partial charge is 0.317 e. The van der Waals surface area contributed by atoms with E-state index in [1.807, 2.05) is 24.3 Å². The largest absolute Gasteiger partial charge is 0.497 e. The van der Waals surface area contributed by atoms with Gasteiger partial charge in [-0.3, -0.25) is 0 Å². The second-order valence-electron chi connectivity index (χ2n) is 4.57. The van der Waals surface area contributed by atoms with Gasteiger partial charge < -0.3 is 20.1 Å². The fourth-order valence-electron chi connectivity index (χ4n) is 1.58. The average Bonchev–Trinajstić information content (AvgIpc) is 2.42. The highest BCUT2D eigenvalue weighted by Crippen LogP contribution is 2.12. The van der Waals surface area contributed by atoms with Crippen molar-refractivity contribution in [1.29, 1.82) is 0 Å². The predicted molar refractivity (Wildman–Crippen MR) is 74.2 cm³/mol. The van der Waals surface area contributed by atoms with E-state index in [1.54, 1.807) is 26.0 Å². The molecule has 1 rings (SSSR count). The maximum atomic E-state index is 11.8. The number of urea groups is 1. The van der Waals surface area contributed by atoms with Gasteiger partial charge in [0, 0.05) is 20.1 Å². The lowest BCUT2D eigenvalue weighted by Gasteiger charge is -2.18. The molecule has 0 aliphatic carbocycles. The van der Waals surface area contributed by atoms with E-state index in [9.17, 15) is 9.90 Å². The Kier molecular flexibility index (Phi) is 6.15. The van der Waals surface area contributed by atoms with Gasteiger partial charge in [0.2, 0.25) is 0 Å². The molecule has 1 aromatic rings. The molecule has 0 bridgehead atoms. The molecule has 0 aliphatic heterocycles. The van der Waals surface area contributed by atoms with Gasteiger partial charge in [0.25, 0.3) is 0 Å². The number of hydrogen-bond donors (Lipinski definition) is 2. The molecule has 5 heteroatoms. The number of nitrogens with one attached hydrogen (secondary N) is 1. The van der Waals surface area contributed by atoms with Crippen LogP contribution in [0.4, 0.5) is 4.79 Å². The third-order valence-electron chi connectivity index (χ3n) is 2.81. The van der Waals surface area contributed by atoms with Crippen molar-refractivity contribution < 1.29 is 14.6 Å². The number of carbonyl (C=O) groups is 1. The Labute approximate surface area is 114 Å². The molecule has 2 amide bonds. The molecule has 0 saturated heterocycles. The fourth-order valence-corrected chi connectivity index (χ4v) is 1.58. The van der Waals surface area contributed by atoms with Crippen molar-refractivity contribution in [2.45, 2.75) is 26.0 Å². The van der Waals surface area contributed by atoms with E-state index in [0.29, 0.717) is 19.5 Å². The Balaban J connectivity index is 2.40. The summed E-state index contributed by atoms with van der Waals surface area (Å²) in [6.45, 7) is 2.69. The van der Waals surface area contributed by atoms with Crippen LogP contribution in [-0.2, 0) is 6.54 Å². The Morgan fingerprint density at radius 1 is 1.53 bits per heavy atom. The molecule has 2 N–H and O–H groups in total. The van der Waals surface area contributed by atoms with Crippen LogP contribution in [0.1, 0.15) is 18.9 Å². The zero-order valence-corrected chi connectivity index (χ0v) is 11.7. The molecule has 0 aromatic heterocycles. The SMILES string of the molecule is COc1cccc(CNC(=O)N(C)CCC(C)O)c1. The normalized spacial score (nSPS) is 11.8.